The van der Waals surface area contributed by atoms with Crippen LogP contribution in [0, 0.1) is 6.92 Å². The average molecular weight is 467 g/mol. The van der Waals surface area contributed by atoms with Gasteiger partial charge in [0.05, 0.1) is 24.3 Å². The van der Waals surface area contributed by atoms with E-state index in [0.29, 0.717) is 46.9 Å². The Hall–Kier alpha value is -3.45. The number of ketones is 1. The minimum absolute atomic E-state index is 0.0162. The van der Waals surface area contributed by atoms with Crippen molar-refractivity contribution in [2.75, 3.05) is 18.8 Å². The Morgan fingerprint density at radius 3 is 2.76 bits per heavy atom. The van der Waals surface area contributed by atoms with Crippen LogP contribution in [0.5, 0.6) is 11.5 Å². The number of hydrogen-bond donors (Lipinski definition) is 1. The molecule has 8 heteroatoms. The minimum Gasteiger partial charge on any atom is -0.466 e. The van der Waals surface area contributed by atoms with Gasteiger partial charge in [-0.25, -0.2) is 4.79 Å². The molecule has 0 radical (unpaired) electrons. The number of esters is 1. The van der Waals surface area contributed by atoms with Crippen molar-refractivity contribution in [3.05, 3.63) is 75.2 Å². The molecule has 0 unspecified atom stereocenters. The summed E-state index contributed by atoms with van der Waals surface area (Å²) in [5, 5.41) is 0.571. The number of methoxy groups -OCH3 is 1. The van der Waals surface area contributed by atoms with Gasteiger partial charge in [0.25, 0.3) is 0 Å². The van der Waals surface area contributed by atoms with Crippen LogP contribution in [0.1, 0.15) is 36.3 Å². The highest BCUT2D eigenvalue weighted by atomic mass is 35.5. The fourth-order valence-corrected chi connectivity index (χ4v) is 5.01. The third-order valence-electron chi connectivity index (χ3n) is 6.41. The zero-order chi connectivity index (χ0) is 23.3. The molecule has 5 rings (SSSR count). The van der Waals surface area contributed by atoms with Crippen molar-refractivity contribution in [3.8, 4) is 11.5 Å². The molecule has 3 aliphatic rings. The lowest BCUT2D eigenvalue weighted by molar-refractivity contribution is -0.136. The van der Waals surface area contributed by atoms with Gasteiger partial charge < -0.3 is 19.9 Å². The van der Waals surface area contributed by atoms with Crippen molar-refractivity contribution >= 4 is 29.0 Å². The molecule has 0 saturated heterocycles. The number of nitrogens with two attached hydrogens (primary N) is 1. The van der Waals surface area contributed by atoms with Gasteiger partial charge in [0, 0.05) is 22.7 Å². The van der Waals surface area contributed by atoms with Crippen LogP contribution >= 0.6 is 11.6 Å². The van der Waals surface area contributed by atoms with E-state index in [1.807, 2.05) is 25.1 Å². The second-order valence-corrected chi connectivity index (χ2v) is 8.60. The van der Waals surface area contributed by atoms with E-state index in [1.165, 1.54) is 7.11 Å². The second kappa shape index (κ2) is 8.15. The highest BCUT2D eigenvalue weighted by molar-refractivity contribution is 6.31. The first-order valence-corrected chi connectivity index (χ1v) is 11.1. The number of Topliss-reactive ketones (excluding diaryl/α,β-unsaturated/α-hetero) is 1. The van der Waals surface area contributed by atoms with Crippen molar-refractivity contribution < 1.29 is 23.8 Å². The molecule has 2 aromatic rings. The second-order valence-electron chi connectivity index (χ2n) is 8.19. The van der Waals surface area contributed by atoms with E-state index in [9.17, 15) is 9.59 Å². The normalized spacial score (nSPS) is 19.7. The van der Waals surface area contributed by atoms with E-state index in [2.05, 4.69) is 0 Å². The van der Waals surface area contributed by atoms with Gasteiger partial charge in [0.15, 0.2) is 17.3 Å². The largest absolute Gasteiger partial charge is 0.466 e. The molecule has 0 amide bonds. The lowest BCUT2D eigenvalue weighted by Crippen LogP contribution is -2.41. The number of nitrogens with zero attached hydrogens (tertiary/aromatic N) is 1. The van der Waals surface area contributed by atoms with Crippen LogP contribution in [0.3, 0.4) is 0 Å². The molecule has 0 aromatic heterocycles. The number of allylic oxidation sites excluding steroid dienone is 2. The Labute approximate surface area is 196 Å². The Morgan fingerprint density at radius 2 is 1.97 bits per heavy atom. The standard InChI is InChI=1S/C25H23ClN2O5/c1-13-15(26)5-3-6-16(13)28-17-7-4-8-18(29)22(17)21(23(24(28)27)25(30)31-2)14-9-10-19-20(11-14)33-12-32-19/h3,5-6,9-11,21H,4,7-8,12,27H2,1-2H3/t21-/m1/s1. The van der Waals surface area contributed by atoms with Gasteiger partial charge in [-0.3, -0.25) is 9.69 Å². The summed E-state index contributed by atoms with van der Waals surface area (Å²) in [7, 11) is 1.31. The van der Waals surface area contributed by atoms with Gasteiger partial charge in [-0.1, -0.05) is 23.7 Å². The van der Waals surface area contributed by atoms with Gasteiger partial charge in [0.2, 0.25) is 6.79 Å². The molecule has 0 fully saturated rings. The maximum Gasteiger partial charge on any atom is 0.338 e. The third-order valence-corrected chi connectivity index (χ3v) is 6.82. The first-order chi connectivity index (χ1) is 15.9. The van der Waals surface area contributed by atoms with Crippen LogP contribution in [0.2, 0.25) is 5.02 Å². The van der Waals surface area contributed by atoms with Gasteiger partial charge >= 0.3 is 5.97 Å². The Kier molecular flexibility index (Phi) is 5.29. The maximum atomic E-state index is 13.4. The Morgan fingerprint density at radius 1 is 1.18 bits per heavy atom. The van der Waals surface area contributed by atoms with Crippen LogP contribution in [-0.2, 0) is 14.3 Å². The molecule has 1 aliphatic carbocycles. The van der Waals surface area contributed by atoms with E-state index in [4.69, 9.17) is 31.5 Å². The van der Waals surface area contributed by atoms with Crippen molar-refractivity contribution in [2.45, 2.75) is 32.1 Å². The predicted molar refractivity (Wildman–Crippen MR) is 123 cm³/mol. The zero-order valence-corrected chi connectivity index (χ0v) is 19.1. The molecular formula is C25H23ClN2O5. The smallest absolute Gasteiger partial charge is 0.338 e. The number of carbonyl (C=O) groups excluding carboxylic acids is 2. The Bertz CT molecular complexity index is 1250. The highest BCUT2D eigenvalue weighted by Crippen LogP contribution is 2.49. The van der Waals surface area contributed by atoms with Gasteiger partial charge in [0.1, 0.15) is 5.82 Å². The van der Waals surface area contributed by atoms with E-state index in [-0.39, 0.29) is 24.0 Å². The molecule has 170 valence electrons. The summed E-state index contributed by atoms with van der Waals surface area (Å²) in [5.41, 5.74) is 10.5. The number of benzene rings is 2. The van der Waals surface area contributed by atoms with Crippen LogP contribution in [0.15, 0.2) is 59.1 Å². The minimum atomic E-state index is -0.675. The molecule has 2 N–H and O–H groups in total. The monoisotopic (exact) mass is 466 g/mol. The van der Waals surface area contributed by atoms with Crippen LogP contribution in [0.25, 0.3) is 0 Å². The molecule has 1 atom stereocenters. The lowest BCUT2D eigenvalue weighted by atomic mass is 9.75. The van der Waals surface area contributed by atoms with Crippen molar-refractivity contribution in [1.29, 1.82) is 0 Å². The molecule has 7 nitrogen and oxygen atoms in total. The van der Waals surface area contributed by atoms with Crippen molar-refractivity contribution in [1.82, 2.24) is 0 Å². The van der Waals surface area contributed by atoms with Gasteiger partial charge in [-0.05, 0) is 55.2 Å². The number of hydrogen-bond acceptors (Lipinski definition) is 7. The summed E-state index contributed by atoms with van der Waals surface area (Å²) in [6.45, 7) is 2.01. The number of carbonyl (C=O) groups is 2. The Balaban J connectivity index is 1.78. The van der Waals surface area contributed by atoms with Crippen LogP contribution in [0.4, 0.5) is 5.69 Å². The quantitative estimate of drug-likeness (QED) is 0.673. The van der Waals surface area contributed by atoms with E-state index >= 15 is 0 Å². The fourth-order valence-electron chi connectivity index (χ4n) is 4.84. The van der Waals surface area contributed by atoms with Gasteiger partial charge in [-0.2, -0.15) is 0 Å². The first kappa shape index (κ1) is 21.4. The topological polar surface area (TPSA) is 91.1 Å². The SMILES string of the molecule is COC(=O)C1=C(N)N(c2cccc(Cl)c2C)C2=C(C(=O)CCC2)[C@H]1c1ccc2c(c1)OCO2. The average Bonchev–Trinajstić information content (AvgIpc) is 3.28. The summed E-state index contributed by atoms with van der Waals surface area (Å²) in [5.74, 6) is 0.122. The van der Waals surface area contributed by atoms with Crippen molar-refractivity contribution in [2.24, 2.45) is 5.73 Å². The van der Waals surface area contributed by atoms with Gasteiger partial charge in [-0.15, -0.1) is 0 Å². The number of halogens is 1. The summed E-state index contributed by atoms with van der Waals surface area (Å²) in [4.78, 5) is 28.3. The maximum absolute atomic E-state index is 13.4. The highest BCUT2D eigenvalue weighted by Gasteiger charge is 2.43. The molecular weight excluding hydrogens is 444 g/mol. The lowest BCUT2D eigenvalue weighted by Gasteiger charge is -2.41. The van der Waals surface area contributed by atoms with E-state index in [0.717, 1.165) is 16.9 Å². The molecule has 2 aliphatic heterocycles. The first-order valence-electron chi connectivity index (χ1n) is 10.7. The fraction of sp³-hybridized carbons (Fsp3) is 0.280. The molecule has 33 heavy (non-hydrogen) atoms. The third kappa shape index (κ3) is 3.35. The number of rotatable bonds is 3. The summed E-state index contributed by atoms with van der Waals surface area (Å²) < 4.78 is 16.1. The predicted octanol–water partition coefficient (Wildman–Crippen LogP) is 4.33. The molecule has 0 saturated carbocycles. The summed E-state index contributed by atoms with van der Waals surface area (Å²) in [6, 6.07) is 10.9. The van der Waals surface area contributed by atoms with E-state index in [1.54, 1.807) is 23.1 Å². The van der Waals surface area contributed by atoms with Crippen LogP contribution in [-0.4, -0.2) is 25.7 Å². The summed E-state index contributed by atoms with van der Waals surface area (Å²) >= 11 is 6.41. The molecule has 2 aromatic carbocycles. The number of anilines is 1. The molecule has 0 bridgehead atoms. The molecule has 2 heterocycles. The van der Waals surface area contributed by atoms with Crippen LogP contribution < -0.4 is 20.1 Å². The van der Waals surface area contributed by atoms with Crippen molar-refractivity contribution in [3.63, 3.8) is 0 Å². The number of fused-ring (bicyclic) bond motifs is 1. The summed E-state index contributed by atoms with van der Waals surface area (Å²) in [6.07, 6.45) is 1.74. The van der Waals surface area contributed by atoms with E-state index < -0.39 is 11.9 Å². The molecule has 0 spiro atoms. The zero-order valence-electron chi connectivity index (χ0n) is 18.3. The number of ether oxygens (including phenoxy) is 3.